The third kappa shape index (κ3) is 3.61. The predicted molar refractivity (Wildman–Crippen MR) is 78.5 cm³/mol. The summed E-state index contributed by atoms with van der Waals surface area (Å²) < 4.78 is 10.9. The minimum Gasteiger partial charge on any atom is -0.496 e. The molecule has 2 rings (SSSR count). The quantitative estimate of drug-likeness (QED) is 0.788. The Morgan fingerprint density at radius 1 is 1.19 bits per heavy atom. The van der Waals surface area contributed by atoms with Crippen LogP contribution in [0.3, 0.4) is 0 Å². The highest BCUT2D eigenvalue weighted by molar-refractivity contribution is 5.94. The van der Waals surface area contributed by atoms with Gasteiger partial charge in [-0.15, -0.1) is 0 Å². The maximum Gasteiger partial charge on any atom is 0.159 e. The number of ether oxygens (including phenoxy) is 2. The van der Waals surface area contributed by atoms with Crippen LogP contribution in [0.4, 0.5) is 0 Å². The number of methoxy groups -OCH3 is 1. The van der Waals surface area contributed by atoms with Gasteiger partial charge in [0, 0.05) is 11.1 Å². The number of benzene rings is 2. The van der Waals surface area contributed by atoms with Crippen LogP contribution < -0.4 is 9.47 Å². The third-order valence-corrected chi connectivity index (χ3v) is 3.06. The number of nitrogens with zero attached hydrogens (tertiary/aromatic N) is 1. The van der Waals surface area contributed by atoms with Gasteiger partial charge in [-0.25, -0.2) is 0 Å². The molecule has 0 unspecified atom stereocenters. The first-order chi connectivity index (χ1) is 10.1. The number of carbonyl (C=O) groups excluding carboxylic acids is 1. The molecule has 21 heavy (non-hydrogen) atoms. The molecule has 0 amide bonds. The molecule has 0 atom stereocenters. The average molecular weight is 281 g/mol. The van der Waals surface area contributed by atoms with Gasteiger partial charge in [0.2, 0.25) is 0 Å². The van der Waals surface area contributed by atoms with Crippen LogP contribution in [0.5, 0.6) is 11.5 Å². The largest absolute Gasteiger partial charge is 0.496 e. The van der Waals surface area contributed by atoms with Crippen molar-refractivity contribution >= 4 is 5.78 Å². The zero-order valence-electron chi connectivity index (χ0n) is 11.9. The van der Waals surface area contributed by atoms with E-state index in [0.29, 0.717) is 22.6 Å². The molecule has 2 aromatic rings. The van der Waals surface area contributed by atoms with Crippen molar-refractivity contribution < 1.29 is 14.3 Å². The maximum absolute atomic E-state index is 11.4. The summed E-state index contributed by atoms with van der Waals surface area (Å²) in [7, 11) is 1.58. The maximum atomic E-state index is 11.4. The molecule has 2 aromatic carbocycles. The predicted octanol–water partition coefficient (Wildman–Crippen LogP) is 3.35. The van der Waals surface area contributed by atoms with Gasteiger partial charge in [0.15, 0.2) is 5.78 Å². The zero-order chi connectivity index (χ0) is 15.2. The summed E-state index contributed by atoms with van der Waals surface area (Å²) in [5.74, 6) is 1.33. The minimum absolute atomic E-state index is 0.00252. The SMILES string of the molecule is COc1ccc(C(C)=O)cc1COc1ccc(C#N)cc1. The number of nitriles is 1. The minimum atomic E-state index is -0.00252. The van der Waals surface area contributed by atoms with Crippen LogP contribution in [0.2, 0.25) is 0 Å². The average Bonchev–Trinajstić information content (AvgIpc) is 2.53. The first kappa shape index (κ1) is 14.6. The van der Waals surface area contributed by atoms with Gasteiger partial charge in [-0.1, -0.05) is 0 Å². The Balaban J connectivity index is 2.16. The molecule has 4 nitrogen and oxygen atoms in total. The molecular weight excluding hydrogens is 266 g/mol. The van der Waals surface area contributed by atoms with Crippen LogP contribution in [-0.2, 0) is 6.61 Å². The first-order valence-corrected chi connectivity index (χ1v) is 6.45. The Labute approximate surface area is 123 Å². The Morgan fingerprint density at radius 2 is 1.90 bits per heavy atom. The summed E-state index contributed by atoms with van der Waals surface area (Å²) in [6.07, 6.45) is 0. The molecule has 4 heteroatoms. The van der Waals surface area contributed by atoms with Crippen LogP contribution >= 0.6 is 0 Å². The van der Waals surface area contributed by atoms with E-state index in [0.717, 1.165) is 5.56 Å². The Morgan fingerprint density at radius 3 is 2.48 bits per heavy atom. The van der Waals surface area contributed by atoms with Crippen LogP contribution in [0, 0.1) is 11.3 Å². The molecule has 0 aliphatic rings. The van der Waals surface area contributed by atoms with E-state index in [1.807, 2.05) is 0 Å². The number of rotatable bonds is 5. The molecule has 0 bridgehead atoms. The fraction of sp³-hybridized carbons (Fsp3) is 0.176. The fourth-order valence-electron chi connectivity index (χ4n) is 1.90. The summed E-state index contributed by atoms with van der Waals surface area (Å²) in [5, 5.41) is 8.75. The van der Waals surface area contributed by atoms with E-state index in [-0.39, 0.29) is 12.4 Å². The lowest BCUT2D eigenvalue weighted by molar-refractivity contribution is 0.101. The molecule has 0 radical (unpaired) electrons. The lowest BCUT2D eigenvalue weighted by atomic mass is 10.1. The molecular formula is C17H15NO3. The highest BCUT2D eigenvalue weighted by atomic mass is 16.5. The highest BCUT2D eigenvalue weighted by Gasteiger charge is 2.08. The van der Waals surface area contributed by atoms with Crippen molar-refractivity contribution in [3.8, 4) is 17.6 Å². The molecule has 0 N–H and O–H groups in total. The van der Waals surface area contributed by atoms with Gasteiger partial charge in [-0.2, -0.15) is 5.26 Å². The van der Waals surface area contributed by atoms with Crippen molar-refractivity contribution in [1.29, 1.82) is 5.26 Å². The molecule has 0 aliphatic carbocycles. The van der Waals surface area contributed by atoms with Crippen molar-refractivity contribution in [3.63, 3.8) is 0 Å². The molecule has 0 spiro atoms. The summed E-state index contributed by atoms with van der Waals surface area (Å²) >= 11 is 0. The van der Waals surface area contributed by atoms with E-state index in [2.05, 4.69) is 6.07 Å². The second-order valence-corrected chi connectivity index (χ2v) is 4.51. The summed E-state index contributed by atoms with van der Waals surface area (Å²) in [6.45, 7) is 1.81. The smallest absolute Gasteiger partial charge is 0.159 e. The Kier molecular flexibility index (Phi) is 4.57. The van der Waals surface area contributed by atoms with Crippen LogP contribution in [-0.4, -0.2) is 12.9 Å². The monoisotopic (exact) mass is 281 g/mol. The molecule has 0 heterocycles. The Hall–Kier alpha value is -2.80. The zero-order valence-corrected chi connectivity index (χ0v) is 11.9. The second kappa shape index (κ2) is 6.58. The van der Waals surface area contributed by atoms with Crippen molar-refractivity contribution in [2.45, 2.75) is 13.5 Å². The van der Waals surface area contributed by atoms with E-state index >= 15 is 0 Å². The topological polar surface area (TPSA) is 59.3 Å². The van der Waals surface area contributed by atoms with Gasteiger partial charge in [-0.05, 0) is 49.4 Å². The van der Waals surface area contributed by atoms with Crippen molar-refractivity contribution in [3.05, 3.63) is 59.2 Å². The van der Waals surface area contributed by atoms with Crippen LogP contribution in [0.1, 0.15) is 28.4 Å². The molecule has 0 aliphatic heterocycles. The second-order valence-electron chi connectivity index (χ2n) is 4.51. The normalized spacial score (nSPS) is 9.76. The van der Waals surface area contributed by atoms with Gasteiger partial charge in [0.05, 0.1) is 18.7 Å². The van der Waals surface area contributed by atoms with Gasteiger partial charge in [0.1, 0.15) is 18.1 Å². The lowest BCUT2D eigenvalue weighted by Gasteiger charge is -2.11. The molecule has 0 saturated heterocycles. The van der Waals surface area contributed by atoms with E-state index in [4.69, 9.17) is 14.7 Å². The van der Waals surface area contributed by atoms with Gasteiger partial charge in [-0.3, -0.25) is 4.79 Å². The molecule has 0 aromatic heterocycles. The number of Topliss-reactive ketones (excluding diaryl/α,β-unsaturated/α-hetero) is 1. The van der Waals surface area contributed by atoms with E-state index in [9.17, 15) is 4.79 Å². The van der Waals surface area contributed by atoms with E-state index in [1.54, 1.807) is 49.6 Å². The Bertz CT molecular complexity index is 684. The van der Waals surface area contributed by atoms with Gasteiger partial charge >= 0.3 is 0 Å². The van der Waals surface area contributed by atoms with Crippen molar-refractivity contribution in [2.75, 3.05) is 7.11 Å². The van der Waals surface area contributed by atoms with Crippen LogP contribution in [0.15, 0.2) is 42.5 Å². The van der Waals surface area contributed by atoms with Gasteiger partial charge < -0.3 is 9.47 Å². The molecule has 0 fully saturated rings. The fourth-order valence-corrected chi connectivity index (χ4v) is 1.90. The standard InChI is InChI=1S/C17H15NO3/c1-12(19)14-5-8-17(20-2)15(9-14)11-21-16-6-3-13(10-18)4-7-16/h3-9H,11H2,1-2H3. The van der Waals surface area contributed by atoms with Crippen LogP contribution in [0.25, 0.3) is 0 Å². The number of ketones is 1. The van der Waals surface area contributed by atoms with Crippen molar-refractivity contribution in [2.24, 2.45) is 0 Å². The summed E-state index contributed by atoms with van der Waals surface area (Å²) in [6, 6.07) is 14.2. The van der Waals surface area contributed by atoms with Gasteiger partial charge in [0.25, 0.3) is 0 Å². The third-order valence-electron chi connectivity index (χ3n) is 3.06. The number of carbonyl (C=O) groups is 1. The van der Waals surface area contributed by atoms with E-state index < -0.39 is 0 Å². The molecule has 0 saturated carbocycles. The first-order valence-electron chi connectivity index (χ1n) is 6.45. The molecule has 106 valence electrons. The number of hydrogen-bond donors (Lipinski definition) is 0. The lowest BCUT2D eigenvalue weighted by Crippen LogP contribution is -2.01. The number of hydrogen-bond acceptors (Lipinski definition) is 4. The van der Waals surface area contributed by atoms with Crippen molar-refractivity contribution in [1.82, 2.24) is 0 Å². The summed E-state index contributed by atoms with van der Waals surface area (Å²) in [5.41, 5.74) is 2.00. The highest BCUT2D eigenvalue weighted by Crippen LogP contribution is 2.22. The van der Waals surface area contributed by atoms with E-state index in [1.165, 1.54) is 6.92 Å². The summed E-state index contributed by atoms with van der Waals surface area (Å²) in [4.78, 5) is 11.4.